The highest BCUT2D eigenvalue weighted by Crippen LogP contribution is 2.39. The van der Waals surface area contributed by atoms with E-state index in [1.807, 2.05) is 41.0 Å². The maximum atomic E-state index is 4.60. The number of hydrogen-bond donors (Lipinski definition) is 0. The second-order valence-electron chi connectivity index (χ2n) is 6.64. The largest absolute Gasteiger partial charge is 0.251 e. The van der Waals surface area contributed by atoms with Crippen LogP contribution in [0.3, 0.4) is 0 Å². The van der Waals surface area contributed by atoms with Gasteiger partial charge < -0.3 is 0 Å². The summed E-state index contributed by atoms with van der Waals surface area (Å²) in [5, 5.41) is 0. The summed E-state index contributed by atoms with van der Waals surface area (Å²) >= 11 is 3.71. The second kappa shape index (κ2) is 6.49. The molecule has 3 nitrogen and oxygen atoms in total. The summed E-state index contributed by atoms with van der Waals surface area (Å²) in [6, 6.07) is 10.7. The first-order valence-corrected chi connectivity index (χ1v) is 10.3. The van der Waals surface area contributed by atoms with Gasteiger partial charge in [-0.3, -0.25) is 0 Å². The van der Waals surface area contributed by atoms with Crippen molar-refractivity contribution in [2.45, 2.75) is 27.7 Å². The number of nitrogens with zero attached hydrogens (tertiary/aromatic N) is 3. The van der Waals surface area contributed by atoms with E-state index in [2.05, 4.69) is 73.4 Å². The molecule has 5 heteroatoms. The molecule has 0 aromatic carbocycles. The van der Waals surface area contributed by atoms with E-state index >= 15 is 0 Å². The third-order valence-electron chi connectivity index (χ3n) is 4.59. The minimum Gasteiger partial charge on any atom is -0.232 e. The van der Waals surface area contributed by atoms with Crippen LogP contribution in [0.25, 0.3) is 28.3 Å². The number of aromatic nitrogens is 3. The van der Waals surface area contributed by atoms with Gasteiger partial charge in [-0.15, -0.1) is 22.7 Å². The molecule has 0 bridgehead atoms. The summed E-state index contributed by atoms with van der Waals surface area (Å²) in [5.41, 5.74) is 5.06. The number of imidazole rings is 1. The highest BCUT2D eigenvalue weighted by molar-refractivity contribution is 7.12. The van der Waals surface area contributed by atoms with Crippen LogP contribution in [0.1, 0.15) is 19.5 Å². The first-order chi connectivity index (χ1) is 12.5. The molecule has 0 spiro atoms. The molecule has 4 rings (SSSR count). The predicted octanol–water partition coefficient (Wildman–Crippen LogP) is 5.39. The molecule has 0 radical (unpaired) electrons. The van der Waals surface area contributed by atoms with E-state index in [-0.39, 0.29) is 0 Å². The SMILES string of the molecule is Cc1cc(-c2c(-c3cc(C)sc3C)[n+](C)cn2-c2ccccn2)c(C)s1. The Balaban J connectivity index is 2.08. The highest BCUT2D eigenvalue weighted by Gasteiger charge is 2.29. The Hall–Kier alpha value is -2.24. The van der Waals surface area contributed by atoms with Crippen LogP contribution in [0, 0.1) is 27.7 Å². The maximum absolute atomic E-state index is 4.60. The Morgan fingerprint density at radius 2 is 1.58 bits per heavy atom. The van der Waals surface area contributed by atoms with Crippen LogP contribution in [0.5, 0.6) is 0 Å². The van der Waals surface area contributed by atoms with Crippen LogP contribution in [0.2, 0.25) is 0 Å². The van der Waals surface area contributed by atoms with E-state index in [0.717, 1.165) is 5.82 Å². The fourth-order valence-electron chi connectivity index (χ4n) is 3.55. The normalized spacial score (nSPS) is 11.3. The van der Waals surface area contributed by atoms with Crippen LogP contribution >= 0.6 is 22.7 Å². The van der Waals surface area contributed by atoms with Gasteiger partial charge in [0.25, 0.3) is 6.33 Å². The first-order valence-electron chi connectivity index (χ1n) is 8.63. The number of hydrogen-bond acceptors (Lipinski definition) is 3. The highest BCUT2D eigenvalue weighted by atomic mass is 32.1. The summed E-state index contributed by atoms with van der Waals surface area (Å²) in [6.07, 6.45) is 4.00. The molecule has 0 saturated heterocycles. The molecule has 0 saturated carbocycles. The Morgan fingerprint density at radius 1 is 0.923 bits per heavy atom. The van der Waals surface area contributed by atoms with Gasteiger partial charge in [0.2, 0.25) is 5.82 Å². The number of aryl methyl sites for hydroxylation is 5. The van der Waals surface area contributed by atoms with Crippen LogP contribution in [0.15, 0.2) is 42.9 Å². The van der Waals surface area contributed by atoms with Gasteiger partial charge in [-0.05, 0) is 45.9 Å². The van der Waals surface area contributed by atoms with Crippen molar-refractivity contribution < 1.29 is 4.57 Å². The van der Waals surface area contributed by atoms with Crippen LogP contribution < -0.4 is 4.57 Å². The third kappa shape index (κ3) is 2.81. The molecule has 0 atom stereocenters. The summed E-state index contributed by atoms with van der Waals surface area (Å²) in [4.78, 5) is 9.96. The topological polar surface area (TPSA) is 21.7 Å². The van der Waals surface area contributed by atoms with Crippen LogP contribution in [-0.2, 0) is 7.05 Å². The average Bonchev–Trinajstić information content (AvgIpc) is 3.22. The molecule has 4 aromatic rings. The van der Waals surface area contributed by atoms with Crippen molar-refractivity contribution in [3.8, 4) is 28.3 Å². The van der Waals surface area contributed by atoms with Gasteiger partial charge in [-0.25, -0.2) is 9.55 Å². The van der Waals surface area contributed by atoms with Gasteiger partial charge in [-0.1, -0.05) is 6.07 Å². The molecule has 0 N–H and O–H groups in total. The van der Waals surface area contributed by atoms with E-state index in [0.29, 0.717) is 0 Å². The molecule has 0 aliphatic carbocycles. The van der Waals surface area contributed by atoms with Gasteiger partial charge >= 0.3 is 0 Å². The zero-order chi connectivity index (χ0) is 18.4. The number of rotatable bonds is 3. The smallest absolute Gasteiger partial charge is 0.232 e. The lowest BCUT2D eigenvalue weighted by atomic mass is 10.0. The molecule has 0 unspecified atom stereocenters. The quantitative estimate of drug-likeness (QED) is 0.437. The summed E-state index contributed by atoms with van der Waals surface area (Å²) in [7, 11) is 2.12. The van der Waals surface area contributed by atoms with Gasteiger partial charge in [0.15, 0.2) is 11.4 Å². The predicted molar refractivity (Wildman–Crippen MR) is 110 cm³/mol. The lowest BCUT2D eigenvalue weighted by Gasteiger charge is -2.04. The third-order valence-corrected chi connectivity index (χ3v) is 6.53. The zero-order valence-corrected chi connectivity index (χ0v) is 17.3. The lowest BCUT2D eigenvalue weighted by molar-refractivity contribution is -0.659. The molecular weight excluding hydrogens is 358 g/mol. The number of thiophene rings is 2. The van der Waals surface area contributed by atoms with Crippen LogP contribution in [-0.4, -0.2) is 9.55 Å². The number of pyridine rings is 1. The fraction of sp³-hybridized carbons (Fsp3) is 0.238. The monoisotopic (exact) mass is 380 g/mol. The molecule has 4 heterocycles. The molecule has 0 aliphatic rings. The Labute approximate surface area is 162 Å². The summed E-state index contributed by atoms with van der Waals surface area (Å²) in [6.45, 7) is 8.77. The Morgan fingerprint density at radius 3 is 2.12 bits per heavy atom. The van der Waals surface area contributed by atoms with Crippen molar-refractivity contribution in [1.82, 2.24) is 9.55 Å². The van der Waals surface area contributed by atoms with E-state index in [9.17, 15) is 0 Å². The Kier molecular flexibility index (Phi) is 4.29. The lowest BCUT2D eigenvalue weighted by Crippen LogP contribution is -2.27. The molecule has 132 valence electrons. The standard InChI is InChI=1S/C21H22N3S2/c1-13-10-17(15(3)25-13)20-21(18-11-14(2)26-16(18)4)24(12-23(20)5)19-8-6-7-9-22-19/h6-12H,1-5H3/q+1. The van der Waals surface area contributed by atoms with Crippen molar-refractivity contribution in [2.75, 3.05) is 0 Å². The van der Waals surface area contributed by atoms with E-state index < -0.39 is 0 Å². The van der Waals surface area contributed by atoms with Crippen LogP contribution in [0.4, 0.5) is 0 Å². The second-order valence-corrected chi connectivity index (χ2v) is 9.56. The van der Waals surface area contributed by atoms with Gasteiger partial charge in [0, 0.05) is 42.9 Å². The van der Waals surface area contributed by atoms with Gasteiger partial charge in [0.1, 0.15) is 0 Å². The van der Waals surface area contributed by atoms with Gasteiger partial charge in [-0.2, -0.15) is 4.57 Å². The summed E-state index contributed by atoms with van der Waals surface area (Å²) in [5.74, 6) is 0.942. The van der Waals surface area contributed by atoms with Crippen molar-refractivity contribution in [2.24, 2.45) is 7.05 Å². The van der Waals surface area contributed by atoms with E-state index in [1.165, 1.54) is 42.0 Å². The first kappa shape index (κ1) is 17.2. The minimum atomic E-state index is 0.942. The van der Waals surface area contributed by atoms with Crippen molar-refractivity contribution >= 4 is 22.7 Å². The molecule has 0 aliphatic heterocycles. The fourth-order valence-corrected chi connectivity index (χ4v) is 5.40. The van der Waals surface area contributed by atoms with Crippen molar-refractivity contribution in [3.05, 3.63) is 62.4 Å². The van der Waals surface area contributed by atoms with Gasteiger partial charge in [0.05, 0.1) is 7.05 Å². The molecule has 0 amide bonds. The molecular formula is C21H22N3S2+. The van der Waals surface area contributed by atoms with E-state index in [4.69, 9.17) is 0 Å². The molecule has 26 heavy (non-hydrogen) atoms. The van der Waals surface area contributed by atoms with E-state index in [1.54, 1.807) is 0 Å². The average molecular weight is 381 g/mol. The van der Waals surface area contributed by atoms with Crippen molar-refractivity contribution in [3.63, 3.8) is 0 Å². The zero-order valence-electron chi connectivity index (χ0n) is 15.7. The van der Waals surface area contributed by atoms with Crippen molar-refractivity contribution in [1.29, 1.82) is 0 Å². The minimum absolute atomic E-state index is 0.942. The maximum Gasteiger partial charge on any atom is 0.251 e. The summed E-state index contributed by atoms with van der Waals surface area (Å²) < 4.78 is 4.45. The Bertz CT molecular complexity index is 1080. The molecule has 4 aromatic heterocycles. The molecule has 0 fully saturated rings.